The number of nitrogens with one attached hydrogen (secondary N) is 1. The van der Waals surface area contributed by atoms with Gasteiger partial charge in [0.1, 0.15) is 0 Å². The number of pyridine rings is 1. The highest BCUT2D eigenvalue weighted by atomic mass is 16.2. The van der Waals surface area contributed by atoms with E-state index in [4.69, 9.17) is 4.98 Å². The van der Waals surface area contributed by atoms with Crippen LogP contribution in [-0.2, 0) is 6.54 Å². The first-order chi connectivity index (χ1) is 18.1. The maximum absolute atomic E-state index is 13.3. The average Bonchev–Trinajstić information content (AvgIpc) is 2.96. The molecule has 4 aromatic rings. The predicted octanol–water partition coefficient (Wildman–Crippen LogP) is 6.80. The van der Waals surface area contributed by atoms with E-state index in [2.05, 4.69) is 77.8 Å². The van der Waals surface area contributed by atoms with Gasteiger partial charge in [0.15, 0.2) is 0 Å². The Morgan fingerprint density at radius 2 is 1.68 bits per heavy atom. The van der Waals surface area contributed by atoms with Gasteiger partial charge in [0.25, 0.3) is 5.91 Å². The van der Waals surface area contributed by atoms with E-state index in [0.717, 1.165) is 66.8 Å². The Morgan fingerprint density at radius 1 is 0.973 bits per heavy atom. The summed E-state index contributed by atoms with van der Waals surface area (Å²) in [6.07, 6.45) is 2.82. The third-order valence-corrected chi connectivity index (χ3v) is 7.35. The van der Waals surface area contributed by atoms with Gasteiger partial charge in [-0.2, -0.15) is 5.10 Å². The molecule has 0 aliphatic carbocycles. The first-order valence-corrected chi connectivity index (χ1v) is 13.2. The summed E-state index contributed by atoms with van der Waals surface area (Å²) < 4.78 is 0. The van der Waals surface area contributed by atoms with Gasteiger partial charge in [-0.05, 0) is 35.6 Å². The van der Waals surface area contributed by atoms with Crippen LogP contribution in [0.15, 0.2) is 90.0 Å². The van der Waals surface area contributed by atoms with Crippen LogP contribution in [0.4, 0.5) is 0 Å². The molecule has 5 nitrogen and oxygen atoms in total. The van der Waals surface area contributed by atoms with Crippen molar-refractivity contribution in [2.75, 3.05) is 13.1 Å². The van der Waals surface area contributed by atoms with Gasteiger partial charge in [-0.3, -0.25) is 9.69 Å². The number of likely N-dealkylation sites (tertiary alicyclic amines) is 1. The number of aromatic nitrogens is 1. The number of carbonyl (C=O) groups is 1. The molecule has 0 radical (unpaired) electrons. The van der Waals surface area contributed by atoms with E-state index in [-0.39, 0.29) is 5.91 Å². The number of hydrogen-bond donors (Lipinski definition) is 1. The van der Waals surface area contributed by atoms with Crippen molar-refractivity contribution in [2.45, 2.75) is 45.6 Å². The number of nitrogens with zero attached hydrogens (tertiary/aromatic N) is 3. The number of fused-ring (bicyclic) bond motifs is 1. The molecule has 1 saturated heterocycles. The quantitative estimate of drug-likeness (QED) is 0.290. The van der Waals surface area contributed by atoms with Crippen molar-refractivity contribution in [2.24, 2.45) is 5.10 Å². The smallest absolute Gasteiger partial charge is 0.272 e. The third-order valence-electron chi connectivity index (χ3n) is 7.35. The molecule has 1 aliphatic heterocycles. The summed E-state index contributed by atoms with van der Waals surface area (Å²) in [7, 11) is 0. The molecule has 0 bridgehead atoms. The largest absolute Gasteiger partial charge is 0.298 e. The topological polar surface area (TPSA) is 57.6 Å². The Hall–Kier alpha value is -3.83. The lowest BCUT2D eigenvalue weighted by molar-refractivity contribution is 0.0956. The Morgan fingerprint density at radius 3 is 2.41 bits per heavy atom. The molecule has 1 atom stereocenters. The fraction of sp³-hybridized carbons (Fsp3) is 0.281. The molecule has 1 aromatic heterocycles. The van der Waals surface area contributed by atoms with Crippen molar-refractivity contribution in [3.8, 4) is 11.3 Å². The van der Waals surface area contributed by atoms with E-state index >= 15 is 0 Å². The zero-order valence-corrected chi connectivity index (χ0v) is 21.7. The highest BCUT2D eigenvalue weighted by Crippen LogP contribution is 2.27. The summed E-state index contributed by atoms with van der Waals surface area (Å²) >= 11 is 0. The van der Waals surface area contributed by atoms with Crippen molar-refractivity contribution in [1.29, 1.82) is 0 Å². The third kappa shape index (κ3) is 5.95. The molecule has 0 unspecified atom stereocenters. The normalized spacial score (nSPS) is 14.9. The van der Waals surface area contributed by atoms with Crippen LogP contribution in [0, 0.1) is 0 Å². The number of amides is 1. The number of rotatable bonds is 7. The van der Waals surface area contributed by atoms with Gasteiger partial charge in [0, 0.05) is 49.1 Å². The number of benzene rings is 3. The van der Waals surface area contributed by atoms with Gasteiger partial charge >= 0.3 is 0 Å². The SMILES string of the molecule is CC[C@H](C)c1ccc(-c2cc(C(=O)NN=C3CCN(Cc4ccccc4)CC3)c3ccccc3n2)cc1. The molecule has 5 rings (SSSR count). The van der Waals surface area contributed by atoms with Crippen LogP contribution in [0.3, 0.4) is 0 Å². The second-order valence-corrected chi connectivity index (χ2v) is 9.88. The number of hydrazone groups is 1. The number of piperidine rings is 1. The zero-order valence-electron chi connectivity index (χ0n) is 21.7. The van der Waals surface area contributed by atoms with Gasteiger partial charge in [-0.1, -0.05) is 86.6 Å². The first kappa shape index (κ1) is 24.8. The Balaban J connectivity index is 1.31. The highest BCUT2D eigenvalue weighted by Gasteiger charge is 2.17. The monoisotopic (exact) mass is 490 g/mol. The number of carbonyl (C=O) groups excluding carboxylic acids is 1. The second-order valence-electron chi connectivity index (χ2n) is 9.88. The molecular formula is C32H34N4O. The van der Waals surface area contributed by atoms with E-state index in [0.29, 0.717) is 11.5 Å². The maximum atomic E-state index is 13.3. The molecule has 0 saturated carbocycles. The van der Waals surface area contributed by atoms with Crippen molar-refractivity contribution in [3.05, 3.63) is 102 Å². The van der Waals surface area contributed by atoms with Crippen molar-refractivity contribution in [3.63, 3.8) is 0 Å². The van der Waals surface area contributed by atoms with Crippen molar-refractivity contribution < 1.29 is 4.79 Å². The van der Waals surface area contributed by atoms with Gasteiger partial charge in [-0.15, -0.1) is 0 Å². The van der Waals surface area contributed by atoms with Crippen LogP contribution in [0.5, 0.6) is 0 Å². The molecule has 37 heavy (non-hydrogen) atoms. The predicted molar refractivity (Wildman–Crippen MR) is 152 cm³/mol. The molecule has 2 heterocycles. The minimum atomic E-state index is -0.199. The number of para-hydroxylation sites is 1. The van der Waals surface area contributed by atoms with Gasteiger partial charge < -0.3 is 0 Å². The first-order valence-electron chi connectivity index (χ1n) is 13.2. The average molecular weight is 491 g/mol. The van der Waals surface area contributed by atoms with Crippen molar-refractivity contribution >= 4 is 22.5 Å². The van der Waals surface area contributed by atoms with Crippen molar-refractivity contribution in [1.82, 2.24) is 15.3 Å². The Labute approximate surface area is 219 Å². The van der Waals surface area contributed by atoms with Crippen LogP contribution < -0.4 is 5.43 Å². The molecule has 0 spiro atoms. The molecule has 5 heteroatoms. The van der Waals surface area contributed by atoms with Crippen LogP contribution >= 0.6 is 0 Å². The minimum Gasteiger partial charge on any atom is -0.298 e. The summed E-state index contributed by atoms with van der Waals surface area (Å²) in [5, 5.41) is 5.35. The zero-order chi connectivity index (χ0) is 25.6. The molecular weight excluding hydrogens is 456 g/mol. The number of hydrogen-bond acceptors (Lipinski definition) is 4. The molecule has 1 fully saturated rings. The van der Waals surface area contributed by atoms with Gasteiger partial charge in [-0.25, -0.2) is 10.4 Å². The Kier molecular flexibility index (Phi) is 7.71. The van der Waals surface area contributed by atoms with E-state index in [1.165, 1.54) is 11.1 Å². The van der Waals surface area contributed by atoms with E-state index < -0.39 is 0 Å². The van der Waals surface area contributed by atoms with Crippen LogP contribution in [-0.4, -0.2) is 34.6 Å². The summed E-state index contributed by atoms with van der Waals surface area (Å²) in [5.41, 5.74) is 9.71. The molecule has 3 aromatic carbocycles. The Bertz CT molecular complexity index is 1390. The highest BCUT2D eigenvalue weighted by molar-refractivity contribution is 6.07. The van der Waals surface area contributed by atoms with Crippen LogP contribution in [0.2, 0.25) is 0 Å². The van der Waals surface area contributed by atoms with Crippen LogP contribution in [0.25, 0.3) is 22.2 Å². The minimum absolute atomic E-state index is 0.199. The van der Waals surface area contributed by atoms with Crippen LogP contribution in [0.1, 0.15) is 60.5 Å². The van der Waals surface area contributed by atoms with E-state index in [1.807, 2.05) is 36.4 Å². The fourth-order valence-electron chi connectivity index (χ4n) is 4.84. The molecule has 1 N–H and O–H groups in total. The van der Waals surface area contributed by atoms with E-state index in [9.17, 15) is 4.79 Å². The van der Waals surface area contributed by atoms with Gasteiger partial charge in [0.05, 0.1) is 16.8 Å². The lowest BCUT2D eigenvalue weighted by atomic mass is 9.96. The second kappa shape index (κ2) is 11.5. The summed E-state index contributed by atoms with van der Waals surface area (Å²) in [5.74, 6) is 0.319. The molecule has 1 aliphatic rings. The lowest BCUT2D eigenvalue weighted by Crippen LogP contribution is -2.34. The summed E-state index contributed by atoms with van der Waals surface area (Å²) in [6.45, 7) is 7.27. The maximum Gasteiger partial charge on any atom is 0.272 e. The lowest BCUT2D eigenvalue weighted by Gasteiger charge is -2.27. The standard InChI is InChI=1S/C32H34N4O/c1-3-23(2)25-13-15-26(16-14-25)31-21-29(28-11-7-8-12-30(28)33-31)32(37)35-34-27-17-19-36(20-18-27)22-24-9-5-4-6-10-24/h4-16,21,23H,3,17-20,22H2,1-2H3,(H,35,37)/t23-/m0/s1. The summed E-state index contributed by atoms with van der Waals surface area (Å²) in [4.78, 5) is 20.6. The molecule has 188 valence electrons. The van der Waals surface area contributed by atoms with Gasteiger partial charge in [0.2, 0.25) is 0 Å². The van der Waals surface area contributed by atoms with E-state index in [1.54, 1.807) is 0 Å². The fourth-order valence-corrected chi connectivity index (χ4v) is 4.84. The molecule has 1 amide bonds. The summed E-state index contributed by atoms with van der Waals surface area (Å²) in [6, 6.07) is 28.8.